The Kier molecular flexibility index (Phi) is 12.9. The van der Waals surface area contributed by atoms with Crippen LogP contribution in [-0.2, 0) is 19.1 Å². The Labute approximate surface area is 171 Å². The lowest BCUT2D eigenvalue weighted by Gasteiger charge is -2.18. The topological polar surface area (TPSA) is 85.2 Å². The molecule has 0 saturated heterocycles. The Morgan fingerprint density at radius 1 is 0.821 bits per heavy atom. The fraction of sp³-hybridized carbons (Fsp3) is 0.700. The van der Waals surface area contributed by atoms with Crippen LogP contribution in [0.2, 0.25) is 0 Å². The predicted octanol–water partition coefficient (Wildman–Crippen LogP) is 6.29. The maximum absolute atomic E-state index is 12.5. The van der Waals surface area contributed by atoms with Crippen molar-refractivity contribution < 1.29 is 22.4 Å². The summed E-state index contributed by atoms with van der Waals surface area (Å²) in [5, 5.41) is 0. The Morgan fingerprint density at radius 2 is 1.29 bits per heavy atom. The van der Waals surface area contributed by atoms with Gasteiger partial charge in [-0.25, -0.2) is 0 Å². The summed E-state index contributed by atoms with van der Waals surface area (Å²) >= 11 is 0. The molecule has 0 fully saturated rings. The molecular formula is C20H36NO5PS. The molecule has 6 nitrogen and oxygen atoms in total. The van der Waals surface area contributed by atoms with Gasteiger partial charge >= 0.3 is 7.74 Å². The van der Waals surface area contributed by atoms with Gasteiger partial charge in [0.15, 0.2) is 0 Å². The number of hydrogen-bond acceptors (Lipinski definition) is 4. The molecule has 0 aliphatic rings. The quantitative estimate of drug-likeness (QED) is 0.245. The summed E-state index contributed by atoms with van der Waals surface area (Å²) in [5.41, 5.74) is 0. The summed E-state index contributed by atoms with van der Waals surface area (Å²) in [4.78, 5) is 10.8. The summed E-state index contributed by atoms with van der Waals surface area (Å²) < 4.78 is 39.7. The van der Waals surface area contributed by atoms with Gasteiger partial charge in [-0.3, -0.25) is 0 Å². The smallest absolute Gasteiger partial charge is 0.318 e. The maximum atomic E-state index is 12.5. The highest BCUT2D eigenvalue weighted by molar-refractivity contribution is 7.93. The lowest BCUT2D eigenvalue weighted by molar-refractivity contribution is 0.182. The van der Waals surface area contributed by atoms with Crippen molar-refractivity contribution in [2.75, 3.05) is 13.2 Å². The summed E-state index contributed by atoms with van der Waals surface area (Å²) in [6.45, 7) is 4.75. The summed E-state index contributed by atoms with van der Waals surface area (Å²) in [5.74, 6) is 0. The van der Waals surface area contributed by atoms with Crippen LogP contribution in [0.15, 0.2) is 39.4 Å². The monoisotopic (exact) mass is 433 g/mol. The van der Waals surface area contributed by atoms with Gasteiger partial charge in [-0.05, 0) is 25.0 Å². The molecule has 0 atom stereocenters. The molecule has 0 aliphatic heterocycles. The summed E-state index contributed by atoms with van der Waals surface area (Å²) in [7, 11) is -7.88. The van der Waals surface area contributed by atoms with E-state index in [0.29, 0.717) is 0 Å². The molecule has 0 radical (unpaired) electrons. The van der Waals surface area contributed by atoms with E-state index in [1.54, 1.807) is 18.2 Å². The van der Waals surface area contributed by atoms with Crippen LogP contribution in [0.25, 0.3) is 0 Å². The number of rotatable bonds is 16. The Balaban J connectivity index is 2.75. The largest absolute Gasteiger partial charge is 0.368 e. The molecule has 0 saturated carbocycles. The minimum absolute atomic E-state index is 0.0199. The van der Waals surface area contributed by atoms with Gasteiger partial charge in [0, 0.05) is 0 Å². The minimum Gasteiger partial charge on any atom is -0.318 e. The first-order valence-corrected chi connectivity index (χ1v) is 13.4. The molecule has 0 spiro atoms. The molecular weight excluding hydrogens is 397 g/mol. The van der Waals surface area contributed by atoms with Crippen LogP contribution in [0.3, 0.4) is 0 Å². The van der Waals surface area contributed by atoms with Gasteiger partial charge in [0.1, 0.15) is 0 Å². The molecule has 0 bridgehead atoms. The van der Waals surface area contributed by atoms with E-state index in [4.69, 9.17) is 9.05 Å². The van der Waals surface area contributed by atoms with Crippen LogP contribution in [-0.4, -0.2) is 26.5 Å². The van der Waals surface area contributed by atoms with Gasteiger partial charge in [0.05, 0.1) is 18.1 Å². The minimum atomic E-state index is -4.05. The number of hydrogen-bond donors (Lipinski definition) is 1. The number of benzene rings is 1. The summed E-state index contributed by atoms with van der Waals surface area (Å²) in [6, 6.07) is 7.84. The lowest BCUT2D eigenvalue weighted by Crippen LogP contribution is -2.04. The predicted molar refractivity (Wildman–Crippen MR) is 115 cm³/mol. The fourth-order valence-corrected chi connectivity index (χ4v) is 5.79. The van der Waals surface area contributed by atoms with Crippen molar-refractivity contribution in [3.8, 4) is 0 Å². The highest BCUT2D eigenvalue weighted by Gasteiger charge is 2.25. The second kappa shape index (κ2) is 14.3. The Morgan fingerprint density at radius 3 is 1.75 bits per heavy atom. The fourth-order valence-electron chi connectivity index (χ4n) is 2.64. The van der Waals surface area contributed by atoms with Gasteiger partial charge in [-0.1, -0.05) is 87.6 Å². The molecule has 0 amide bonds. The third-order valence-electron chi connectivity index (χ3n) is 4.27. The summed E-state index contributed by atoms with van der Waals surface area (Å²) in [6.07, 6.45) is 10.2. The number of sulfonamides is 1. The van der Waals surface area contributed by atoms with Gasteiger partial charge in [0.2, 0.25) is 0 Å². The van der Waals surface area contributed by atoms with Crippen molar-refractivity contribution in [3.05, 3.63) is 30.3 Å². The molecule has 1 aromatic rings. The van der Waals surface area contributed by atoms with Crippen LogP contribution in [0, 0.1) is 0 Å². The van der Waals surface area contributed by atoms with Crippen molar-refractivity contribution in [2.45, 2.75) is 83.0 Å². The zero-order valence-corrected chi connectivity index (χ0v) is 19.0. The van der Waals surface area contributed by atoms with E-state index in [2.05, 4.69) is 18.0 Å². The van der Waals surface area contributed by atoms with Gasteiger partial charge < -0.3 is 13.9 Å². The zero-order chi connectivity index (χ0) is 20.7. The molecule has 1 rings (SSSR count). The van der Waals surface area contributed by atoms with Crippen LogP contribution in [0.1, 0.15) is 78.1 Å². The Bertz CT molecular complexity index is 659. The highest BCUT2D eigenvalue weighted by atomic mass is 32.2. The molecule has 28 heavy (non-hydrogen) atoms. The van der Waals surface area contributed by atoms with E-state index < -0.39 is 17.8 Å². The molecule has 0 aromatic heterocycles. The van der Waals surface area contributed by atoms with Crippen molar-refractivity contribution in [3.63, 3.8) is 0 Å². The van der Waals surface area contributed by atoms with Crippen molar-refractivity contribution in [1.29, 1.82) is 0 Å². The van der Waals surface area contributed by atoms with Crippen LogP contribution >= 0.6 is 7.74 Å². The third kappa shape index (κ3) is 10.7. The van der Waals surface area contributed by atoms with Crippen LogP contribution < -0.4 is 0 Å². The first kappa shape index (κ1) is 25.3. The van der Waals surface area contributed by atoms with Gasteiger partial charge in [-0.2, -0.15) is 8.42 Å². The zero-order valence-electron chi connectivity index (χ0n) is 17.3. The average Bonchev–Trinajstić information content (AvgIpc) is 2.68. The normalized spacial score (nSPS) is 12.2. The van der Waals surface area contributed by atoms with E-state index >= 15 is 0 Å². The second-order valence-electron chi connectivity index (χ2n) is 6.86. The maximum Gasteiger partial charge on any atom is 0.368 e. The highest BCUT2D eigenvalue weighted by Crippen LogP contribution is 2.49. The van der Waals surface area contributed by atoms with E-state index in [9.17, 15) is 13.3 Å². The molecule has 162 valence electrons. The molecule has 1 aromatic carbocycles. The molecule has 8 heteroatoms. The SMILES string of the molecule is CCCCCCCOP(O)(=NS(=O)(=O)c1ccccc1)OCCCCCCC. The molecule has 0 aliphatic carbocycles. The first-order chi connectivity index (χ1) is 13.4. The van der Waals surface area contributed by atoms with Crippen molar-refractivity contribution in [1.82, 2.24) is 0 Å². The average molecular weight is 434 g/mol. The number of nitrogens with zero attached hydrogens (tertiary/aromatic N) is 1. The van der Waals surface area contributed by atoms with E-state index in [0.717, 1.165) is 64.2 Å². The standard InChI is InChI=1S/C20H36NO5PS/c1-3-5-7-9-14-18-25-27(22,26-19-15-10-8-6-4-2)21-28(23,24)20-16-12-11-13-17-20/h11-13,16-17,22H,3-10,14-15,18-19H2,1-2H3. The molecule has 1 N–H and O–H groups in total. The van der Waals surface area contributed by atoms with Crippen LogP contribution in [0.5, 0.6) is 0 Å². The lowest BCUT2D eigenvalue weighted by atomic mass is 10.2. The van der Waals surface area contributed by atoms with E-state index in [1.165, 1.54) is 12.1 Å². The van der Waals surface area contributed by atoms with E-state index in [1.807, 2.05) is 0 Å². The van der Waals surface area contributed by atoms with Crippen molar-refractivity contribution in [2.24, 2.45) is 4.15 Å². The molecule has 0 heterocycles. The first-order valence-electron chi connectivity index (χ1n) is 10.4. The second-order valence-corrected chi connectivity index (χ2v) is 10.4. The van der Waals surface area contributed by atoms with E-state index in [-0.39, 0.29) is 18.1 Å². The van der Waals surface area contributed by atoms with Crippen LogP contribution in [0.4, 0.5) is 0 Å². The van der Waals surface area contributed by atoms with Crippen molar-refractivity contribution >= 4 is 17.8 Å². The Hall–Kier alpha value is -0.720. The van der Waals surface area contributed by atoms with Gasteiger partial charge in [-0.15, -0.1) is 0 Å². The van der Waals surface area contributed by atoms with Gasteiger partial charge in [0.25, 0.3) is 10.0 Å². The number of unbranched alkanes of at least 4 members (excludes halogenated alkanes) is 8. The molecule has 0 unspecified atom stereocenters. The third-order valence-corrected chi connectivity index (χ3v) is 7.86.